The lowest BCUT2D eigenvalue weighted by molar-refractivity contribution is 0.0957. The van der Waals surface area contributed by atoms with Crippen LogP contribution in [-0.4, -0.2) is 36.2 Å². The standard InChI is InChI=1S/C15H24N4O/c1-15(2,3)11-6-5-9-19(10-11)13-8-7-12(17-18-13)14(20)16-4/h7-8,11H,5-6,9-10H2,1-4H3,(H,16,20). The third-order valence-corrected chi connectivity index (χ3v) is 4.08. The van der Waals surface area contributed by atoms with E-state index in [1.807, 2.05) is 6.07 Å². The minimum absolute atomic E-state index is 0.199. The maximum atomic E-state index is 11.5. The van der Waals surface area contributed by atoms with Gasteiger partial charge in [-0.3, -0.25) is 4.79 Å². The van der Waals surface area contributed by atoms with E-state index < -0.39 is 0 Å². The highest BCUT2D eigenvalue weighted by molar-refractivity contribution is 5.91. The smallest absolute Gasteiger partial charge is 0.271 e. The zero-order valence-corrected chi connectivity index (χ0v) is 12.8. The molecular formula is C15H24N4O. The molecule has 1 saturated heterocycles. The van der Waals surface area contributed by atoms with E-state index in [-0.39, 0.29) is 5.91 Å². The molecule has 110 valence electrons. The molecule has 5 heteroatoms. The molecule has 20 heavy (non-hydrogen) atoms. The lowest BCUT2D eigenvalue weighted by atomic mass is 9.76. The van der Waals surface area contributed by atoms with E-state index in [4.69, 9.17) is 0 Å². The van der Waals surface area contributed by atoms with E-state index in [9.17, 15) is 4.79 Å². The molecular weight excluding hydrogens is 252 g/mol. The van der Waals surface area contributed by atoms with Gasteiger partial charge < -0.3 is 10.2 Å². The molecule has 0 saturated carbocycles. The SMILES string of the molecule is CNC(=O)c1ccc(N2CCCC(C(C)(C)C)C2)nn1. The maximum absolute atomic E-state index is 11.5. The summed E-state index contributed by atoms with van der Waals surface area (Å²) in [6.07, 6.45) is 2.45. The quantitative estimate of drug-likeness (QED) is 0.898. The number of carbonyl (C=O) groups excluding carboxylic acids is 1. The van der Waals surface area contributed by atoms with E-state index in [1.54, 1.807) is 13.1 Å². The number of aromatic nitrogens is 2. The monoisotopic (exact) mass is 276 g/mol. The van der Waals surface area contributed by atoms with Gasteiger partial charge in [0.25, 0.3) is 5.91 Å². The van der Waals surface area contributed by atoms with Crippen molar-refractivity contribution >= 4 is 11.7 Å². The van der Waals surface area contributed by atoms with E-state index in [0.29, 0.717) is 17.0 Å². The summed E-state index contributed by atoms with van der Waals surface area (Å²) in [4.78, 5) is 13.7. The van der Waals surface area contributed by atoms with Gasteiger partial charge in [0, 0.05) is 20.1 Å². The first-order chi connectivity index (χ1) is 9.41. The van der Waals surface area contributed by atoms with Crippen LogP contribution in [0.1, 0.15) is 44.1 Å². The fourth-order valence-electron chi connectivity index (χ4n) is 2.64. The Bertz CT molecular complexity index is 464. The predicted molar refractivity (Wildman–Crippen MR) is 79.8 cm³/mol. The van der Waals surface area contributed by atoms with Gasteiger partial charge in [-0.25, -0.2) is 0 Å². The number of hydrogen-bond donors (Lipinski definition) is 1. The summed E-state index contributed by atoms with van der Waals surface area (Å²) in [5.41, 5.74) is 0.675. The summed E-state index contributed by atoms with van der Waals surface area (Å²) in [5, 5.41) is 10.8. The Morgan fingerprint density at radius 1 is 1.35 bits per heavy atom. The first-order valence-corrected chi connectivity index (χ1v) is 7.22. The number of nitrogens with zero attached hydrogens (tertiary/aromatic N) is 3. The third-order valence-electron chi connectivity index (χ3n) is 4.08. The van der Waals surface area contributed by atoms with Crippen LogP contribution < -0.4 is 10.2 Å². The fourth-order valence-corrected chi connectivity index (χ4v) is 2.64. The Hall–Kier alpha value is -1.65. The highest BCUT2D eigenvalue weighted by Gasteiger charge is 2.30. The molecule has 0 aromatic carbocycles. The minimum Gasteiger partial charge on any atom is -0.355 e. The Morgan fingerprint density at radius 2 is 2.10 bits per heavy atom. The van der Waals surface area contributed by atoms with Crippen molar-refractivity contribution in [1.29, 1.82) is 0 Å². The van der Waals surface area contributed by atoms with Gasteiger partial charge in [-0.05, 0) is 36.3 Å². The molecule has 1 aliphatic rings. The molecule has 1 aliphatic heterocycles. The van der Waals surface area contributed by atoms with Crippen LogP contribution in [0.2, 0.25) is 0 Å². The van der Waals surface area contributed by atoms with Crippen LogP contribution in [-0.2, 0) is 0 Å². The van der Waals surface area contributed by atoms with E-state index in [0.717, 1.165) is 18.9 Å². The zero-order valence-electron chi connectivity index (χ0n) is 12.8. The zero-order chi connectivity index (χ0) is 14.8. The Balaban J connectivity index is 2.09. The van der Waals surface area contributed by atoms with Crippen molar-refractivity contribution in [2.24, 2.45) is 11.3 Å². The van der Waals surface area contributed by atoms with Crippen LogP contribution in [0.5, 0.6) is 0 Å². The van der Waals surface area contributed by atoms with Crippen molar-refractivity contribution < 1.29 is 4.79 Å². The Labute approximate surface area is 120 Å². The normalized spacial score (nSPS) is 19.8. The molecule has 1 unspecified atom stereocenters. The van der Waals surface area contributed by atoms with Gasteiger partial charge in [0.05, 0.1) is 0 Å². The summed E-state index contributed by atoms with van der Waals surface area (Å²) in [6, 6.07) is 3.63. The van der Waals surface area contributed by atoms with Crippen molar-refractivity contribution in [3.8, 4) is 0 Å². The van der Waals surface area contributed by atoms with Gasteiger partial charge in [0.15, 0.2) is 11.5 Å². The molecule has 0 spiro atoms. The summed E-state index contributed by atoms with van der Waals surface area (Å²) in [6.45, 7) is 8.91. The molecule has 1 aromatic heterocycles. The van der Waals surface area contributed by atoms with Gasteiger partial charge in [-0.15, -0.1) is 10.2 Å². The first-order valence-electron chi connectivity index (χ1n) is 7.22. The summed E-state index contributed by atoms with van der Waals surface area (Å²) < 4.78 is 0. The van der Waals surface area contributed by atoms with Crippen LogP contribution in [0.25, 0.3) is 0 Å². The molecule has 5 nitrogen and oxygen atoms in total. The van der Waals surface area contributed by atoms with Crippen LogP contribution in [0.15, 0.2) is 12.1 Å². The highest BCUT2D eigenvalue weighted by Crippen LogP contribution is 2.34. The molecule has 0 radical (unpaired) electrons. The Kier molecular flexibility index (Phi) is 4.26. The van der Waals surface area contributed by atoms with Crippen LogP contribution >= 0.6 is 0 Å². The van der Waals surface area contributed by atoms with E-state index in [2.05, 4.69) is 41.2 Å². The second-order valence-corrected chi connectivity index (χ2v) is 6.51. The molecule has 1 N–H and O–H groups in total. The summed E-state index contributed by atoms with van der Waals surface area (Å²) in [5.74, 6) is 1.33. The van der Waals surface area contributed by atoms with Crippen LogP contribution in [0.4, 0.5) is 5.82 Å². The lowest BCUT2D eigenvalue weighted by Gasteiger charge is -2.40. The van der Waals surface area contributed by atoms with Crippen molar-refractivity contribution in [2.75, 3.05) is 25.0 Å². The average Bonchev–Trinajstić information content (AvgIpc) is 2.46. The molecule has 2 rings (SSSR count). The van der Waals surface area contributed by atoms with Crippen LogP contribution in [0.3, 0.4) is 0 Å². The van der Waals surface area contributed by atoms with E-state index >= 15 is 0 Å². The van der Waals surface area contributed by atoms with Crippen molar-refractivity contribution in [1.82, 2.24) is 15.5 Å². The van der Waals surface area contributed by atoms with Crippen molar-refractivity contribution in [3.05, 3.63) is 17.8 Å². The fraction of sp³-hybridized carbons (Fsp3) is 0.667. The number of amides is 1. The number of nitrogens with one attached hydrogen (secondary N) is 1. The molecule has 1 aromatic rings. The van der Waals surface area contributed by atoms with Gasteiger partial charge in [0.2, 0.25) is 0 Å². The predicted octanol–water partition coefficient (Wildman–Crippen LogP) is 2.10. The van der Waals surface area contributed by atoms with Gasteiger partial charge in [0.1, 0.15) is 0 Å². The summed E-state index contributed by atoms with van der Waals surface area (Å²) >= 11 is 0. The molecule has 0 bridgehead atoms. The molecule has 0 aliphatic carbocycles. The second-order valence-electron chi connectivity index (χ2n) is 6.51. The Morgan fingerprint density at radius 3 is 2.65 bits per heavy atom. The minimum atomic E-state index is -0.199. The van der Waals surface area contributed by atoms with Gasteiger partial charge in [-0.1, -0.05) is 20.8 Å². The van der Waals surface area contributed by atoms with E-state index in [1.165, 1.54) is 12.8 Å². The number of rotatable bonds is 2. The number of piperidine rings is 1. The second kappa shape index (κ2) is 5.77. The maximum Gasteiger partial charge on any atom is 0.271 e. The summed E-state index contributed by atoms with van der Waals surface area (Å²) in [7, 11) is 1.59. The number of anilines is 1. The molecule has 2 heterocycles. The van der Waals surface area contributed by atoms with Crippen LogP contribution in [0, 0.1) is 11.3 Å². The highest BCUT2D eigenvalue weighted by atomic mass is 16.1. The van der Waals surface area contributed by atoms with Gasteiger partial charge >= 0.3 is 0 Å². The topological polar surface area (TPSA) is 58.1 Å². The number of hydrogen-bond acceptors (Lipinski definition) is 4. The molecule has 1 fully saturated rings. The molecule has 1 atom stereocenters. The van der Waals surface area contributed by atoms with Crippen molar-refractivity contribution in [2.45, 2.75) is 33.6 Å². The lowest BCUT2D eigenvalue weighted by Crippen LogP contribution is -2.41. The van der Waals surface area contributed by atoms with Crippen molar-refractivity contribution in [3.63, 3.8) is 0 Å². The largest absolute Gasteiger partial charge is 0.355 e. The third kappa shape index (κ3) is 3.26. The molecule has 1 amide bonds. The average molecular weight is 276 g/mol. The first kappa shape index (κ1) is 14.8. The number of carbonyl (C=O) groups is 1. The van der Waals surface area contributed by atoms with Gasteiger partial charge in [-0.2, -0.15) is 0 Å².